The van der Waals surface area contributed by atoms with Gasteiger partial charge in [-0.3, -0.25) is 4.79 Å². The molecular weight excluding hydrogens is 227 g/mol. The third-order valence-corrected chi connectivity index (χ3v) is 1.37. The number of hydrogen-bond acceptors (Lipinski definition) is 3. The fraction of sp³-hybridized carbons (Fsp3) is 0.111. The van der Waals surface area contributed by atoms with E-state index in [9.17, 15) is 9.59 Å². The van der Waals surface area contributed by atoms with E-state index in [1.165, 1.54) is 19.1 Å². The van der Waals surface area contributed by atoms with Crippen LogP contribution < -0.4 is 4.74 Å². The van der Waals surface area contributed by atoms with Gasteiger partial charge in [0.2, 0.25) is 0 Å². The number of benzene rings is 1. The van der Waals surface area contributed by atoms with Gasteiger partial charge in [0.25, 0.3) is 0 Å². The zero-order chi connectivity index (χ0) is 9.84. The molecule has 1 aromatic rings. The number of rotatable bonds is 2. The van der Waals surface area contributed by atoms with Gasteiger partial charge < -0.3 is 20.8 Å². The van der Waals surface area contributed by atoms with Crippen molar-refractivity contribution >= 4 is 41.5 Å². The molecule has 0 fully saturated rings. The van der Waals surface area contributed by atoms with E-state index in [1.807, 2.05) is 0 Å². The quantitative estimate of drug-likeness (QED) is 0.404. The molecule has 0 aliphatic carbocycles. The molecule has 1 aromatic carbocycles. The van der Waals surface area contributed by atoms with Crippen LogP contribution in [0.1, 0.15) is 17.3 Å². The maximum atomic E-state index is 10.6. The SMILES string of the molecule is CC(=O)Oc1ccccc1C(=O)O.O.O.[NaH]. The van der Waals surface area contributed by atoms with Crippen molar-refractivity contribution in [2.45, 2.75) is 6.92 Å². The van der Waals surface area contributed by atoms with Crippen LogP contribution in [0, 0.1) is 0 Å². The molecule has 0 atom stereocenters. The fourth-order valence-corrected chi connectivity index (χ4v) is 0.887. The molecule has 0 bridgehead atoms. The molecule has 0 spiro atoms. The van der Waals surface area contributed by atoms with Crippen LogP contribution in [0.3, 0.4) is 0 Å². The molecule has 0 radical (unpaired) electrons. The molecule has 1 rings (SSSR count). The van der Waals surface area contributed by atoms with Crippen molar-refractivity contribution in [2.24, 2.45) is 0 Å². The molecule has 16 heavy (non-hydrogen) atoms. The molecule has 0 heterocycles. The van der Waals surface area contributed by atoms with Gasteiger partial charge in [-0.15, -0.1) is 0 Å². The van der Waals surface area contributed by atoms with Crippen molar-refractivity contribution in [3.8, 4) is 5.75 Å². The monoisotopic (exact) mass is 240 g/mol. The van der Waals surface area contributed by atoms with Crippen molar-refractivity contribution in [2.75, 3.05) is 0 Å². The van der Waals surface area contributed by atoms with Crippen LogP contribution in [0.25, 0.3) is 0 Å². The average molecular weight is 240 g/mol. The van der Waals surface area contributed by atoms with Crippen LogP contribution in [-0.4, -0.2) is 57.6 Å². The first-order chi connectivity index (χ1) is 6.11. The van der Waals surface area contributed by atoms with E-state index in [2.05, 4.69) is 4.74 Å². The summed E-state index contributed by atoms with van der Waals surface area (Å²) >= 11 is 0. The first-order valence-corrected chi connectivity index (χ1v) is 3.62. The fourth-order valence-electron chi connectivity index (χ4n) is 0.887. The van der Waals surface area contributed by atoms with Gasteiger partial charge in [-0.05, 0) is 12.1 Å². The number of carboxylic acid groups (broad SMARTS) is 1. The second-order valence-electron chi connectivity index (χ2n) is 2.39. The number of carboxylic acids is 1. The summed E-state index contributed by atoms with van der Waals surface area (Å²) < 4.78 is 4.69. The Hall–Kier alpha value is -0.920. The van der Waals surface area contributed by atoms with Gasteiger partial charge >= 0.3 is 41.5 Å². The Morgan fingerprint density at radius 2 is 1.69 bits per heavy atom. The molecule has 0 aliphatic heterocycles. The second kappa shape index (κ2) is 9.32. The summed E-state index contributed by atoms with van der Waals surface area (Å²) in [6.45, 7) is 1.22. The summed E-state index contributed by atoms with van der Waals surface area (Å²) in [4.78, 5) is 21.2. The number of aromatic carboxylic acids is 1. The predicted molar refractivity (Wildman–Crippen MR) is 59.1 cm³/mol. The minimum absolute atomic E-state index is 0. The Bertz CT molecular complexity index is 352. The van der Waals surface area contributed by atoms with Crippen molar-refractivity contribution < 1.29 is 30.4 Å². The van der Waals surface area contributed by atoms with Gasteiger partial charge in [-0.25, -0.2) is 4.79 Å². The van der Waals surface area contributed by atoms with Crippen LogP contribution in [0.2, 0.25) is 0 Å². The topological polar surface area (TPSA) is 127 Å². The first kappa shape index (κ1) is 20.5. The standard InChI is InChI=1S/C9H8O4.Na.2H2O.H/c1-6(10)13-8-5-3-2-4-7(8)9(11)12;;;;/h2-5H,1H3,(H,11,12);;2*1H2;. The van der Waals surface area contributed by atoms with Gasteiger partial charge in [0.05, 0.1) is 0 Å². The Kier molecular flexibility index (Phi) is 11.9. The zero-order valence-corrected chi connectivity index (χ0v) is 7.98. The summed E-state index contributed by atoms with van der Waals surface area (Å²) in [5.74, 6) is -1.58. The Balaban J connectivity index is -0.000000563. The minimum atomic E-state index is -1.11. The third kappa shape index (κ3) is 5.84. The van der Waals surface area contributed by atoms with Crippen molar-refractivity contribution in [1.29, 1.82) is 0 Å². The van der Waals surface area contributed by atoms with E-state index in [-0.39, 0.29) is 51.8 Å². The molecule has 0 amide bonds. The van der Waals surface area contributed by atoms with E-state index in [4.69, 9.17) is 5.11 Å². The first-order valence-electron chi connectivity index (χ1n) is 3.62. The van der Waals surface area contributed by atoms with Crippen LogP contribution in [0.15, 0.2) is 24.3 Å². The van der Waals surface area contributed by atoms with E-state index in [0.29, 0.717) is 0 Å². The normalized spacial score (nSPS) is 7.56. The van der Waals surface area contributed by atoms with Gasteiger partial charge in [0, 0.05) is 6.92 Å². The van der Waals surface area contributed by atoms with E-state index in [0.717, 1.165) is 0 Å². The van der Waals surface area contributed by atoms with Crippen molar-refractivity contribution in [3.63, 3.8) is 0 Å². The molecule has 0 saturated heterocycles. The number of ether oxygens (including phenoxy) is 1. The number of para-hydroxylation sites is 1. The Morgan fingerprint density at radius 1 is 1.19 bits per heavy atom. The van der Waals surface area contributed by atoms with Crippen LogP contribution in [0.5, 0.6) is 5.75 Å². The average Bonchev–Trinajstić information content (AvgIpc) is 2.03. The molecular formula is C9H13NaO6. The molecule has 86 valence electrons. The molecule has 0 aromatic heterocycles. The van der Waals surface area contributed by atoms with Gasteiger partial charge in [0.15, 0.2) is 0 Å². The number of carbonyl (C=O) groups excluding carboxylic acids is 1. The second-order valence-corrected chi connectivity index (χ2v) is 2.39. The van der Waals surface area contributed by atoms with Crippen LogP contribution >= 0.6 is 0 Å². The molecule has 0 saturated carbocycles. The van der Waals surface area contributed by atoms with Crippen molar-refractivity contribution in [3.05, 3.63) is 29.8 Å². The van der Waals surface area contributed by atoms with E-state index in [1.54, 1.807) is 12.1 Å². The Morgan fingerprint density at radius 3 is 2.12 bits per heavy atom. The van der Waals surface area contributed by atoms with Gasteiger partial charge in [-0.2, -0.15) is 0 Å². The number of esters is 1. The molecule has 0 aliphatic rings. The summed E-state index contributed by atoms with van der Waals surface area (Å²) in [5, 5.41) is 8.69. The maximum absolute atomic E-state index is 10.6. The summed E-state index contributed by atoms with van der Waals surface area (Å²) in [5.41, 5.74) is -0.0160. The van der Waals surface area contributed by atoms with Gasteiger partial charge in [-0.1, -0.05) is 12.1 Å². The zero-order valence-electron chi connectivity index (χ0n) is 7.98. The molecule has 7 heteroatoms. The molecule has 0 unspecified atom stereocenters. The van der Waals surface area contributed by atoms with Gasteiger partial charge in [0.1, 0.15) is 11.3 Å². The van der Waals surface area contributed by atoms with Crippen molar-refractivity contribution in [1.82, 2.24) is 0 Å². The molecule has 6 nitrogen and oxygen atoms in total. The van der Waals surface area contributed by atoms with Crippen LogP contribution in [0.4, 0.5) is 0 Å². The summed E-state index contributed by atoms with van der Waals surface area (Å²) in [7, 11) is 0. The summed E-state index contributed by atoms with van der Waals surface area (Å²) in [6.07, 6.45) is 0. The van der Waals surface area contributed by atoms with E-state index >= 15 is 0 Å². The Labute approximate surface area is 114 Å². The summed E-state index contributed by atoms with van der Waals surface area (Å²) in [6, 6.07) is 5.98. The third-order valence-electron chi connectivity index (χ3n) is 1.37. The predicted octanol–water partition coefficient (Wildman–Crippen LogP) is -0.988. The number of carbonyl (C=O) groups is 2. The number of hydrogen-bond donors (Lipinski definition) is 1. The molecule has 5 N–H and O–H groups in total. The van der Waals surface area contributed by atoms with E-state index < -0.39 is 11.9 Å². The van der Waals surface area contributed by atoms with Crippen LogP contribution in [-0.2, 0) is 4.79 Å².